The van der Waals surface area contributed by atoms with Crippen LogP contribution in [0.1, 0.15) is 23.7 Å². The molecular formula is C16H15BrO3. The fourth-order valence-corrected chi connectivity index (χ4v) is 2.81. The van der Waals surface area contributed by atoms with Gasteiger partial charge < -0.3 is 14.6 Å². The van der Waals surface area contributed by atoms with Crippen LogP contribution in [-0.2, 0) is 0 Å². The minimum absolute atomic E-state index is 0.629. The lowest BCUT2D eigenvalue weighted by Crippen LogP contribution is -2.01. The smallest absolute Gasteiger partial charge is 0.175 e. The molecule has 2 aromatic rings. The highest BCUT2D eigenvalue weighted by Gasteiger charge is 2.19. The summed E-state index contributed by atoms with van der Waals surface area (Å²) < 4.78 is 12.2. The predicted octanol–water partition coefficient (Wildman–Crippen LogP) is 3.69. The molecule has 0 amide bonds. The molecule has 1 N–H and O–H groups in total. The monoisotopic (exact) mass is 334 g/mol. The Bertz CT molecular complexity index is 598. The van der Waals surface area contributed by atoms with Gasteiger partial charge >= 0.3 is 0 Å². The van der Waals surface area contributed by atoms with Gasteiger partial charge in [0.1, 0.15) is 6.10 Å². The van der Waals surface area contributed by atoms with Crippen molar-refractivity contribution in [1.29, 1.82) is 0 Å². The van der Waals surface area contributed by atoms with Crippen molar-refractivity contribution in [2.75, 3.05) is 13.2 Å². The second kappa shape index (κ2) is 5.85. The van der Waals surface area contributed by atoms with Crippen molar-refractivity contribution in [3.63, 3.8) is 0 Å². The largest absolute Gasteiger partial charge is 0.490 e. The molecule has 0 saturated carbocycles. The van der Waals surface area contributed by atoms with Gasteiger partial charge in [-0.15, -0.1) is 0 Å². The SMILES string of the molecule is OC(c1ccccc1)c1cc(Br)c2c(c1)OCCCO2. The molecule has 20 heavy (non-hydrogen) atoms. The van der Waals surface area contributed by atoms with Crippen molar-refractivity contribution in [3.8, 4) is 11.5 Å². The number of rotatable bonds is 2. The Balaban J connectivity index is 1.99. The molecule has 0 bridgehead atoms. The number of halogens is 1. The molecule has 0 fully saturated rings. The number of aliphatic hydroxyl groups excluding tert-OH is 1. The summed E-state index contributed by atoms with van der Waals surface area (Å²) in [6, 6.07) is 13.3. The number of hydrogen-bond acceptors (Lipinski definition) is 3. The zero-order valence-electron chi connectivity index (χ0n) is 10.9. The van der Waals surface area contributed by atoms with E-state index in [4.69, 9.17) is 9.47 Å². The molecule has 0 aromatic heterocycles. The van der Waals surface area contributed by atoms with E-state index in [0.29, 0.717) is 24.7 Å². The average molecular weight is 335 g/mol. The Hall–Kier alpha value is -1.52. The Morgan fingerprint density at radius 1 is 1.00 bits per heavy atom. The number of hydrogen-bond donors (Lipinski definition) is 1. The van der Waals surface area contributed by atoms with Crippen molar-refractivity contribution >= 4 is 15.9 Å². The number of aliphatic hydroxyl groups is 1. The lowest BCUT2D eigenvalue weighted by atomic mass is 10.0. The van der Waals surface area contributed by atoms with Crippen LogP contribution in [0.3, 0.4) is 0 Å². The van der Waals surface area contributed by atoms with Gasteiger partial charge in [-0.2, -0.15) is 0 Å². The van der Waals surface area contributed by atoms with E-state index in [-0.39, 0.29) is 0 Å². The number of fused-ring (bicyclic) bond motifs is 1. The van der Waals surface area contributed by atoms with Gasteiger partial charge in [-0.3, -0.25) is 0 Å². The number of benzene rings is 2. The fraction of sp³-hybridized carbons (Fsp3) is 0.250. The van der Waals surface area contributed by atoms with Crippen molar-refractivity contribution < 1.29 is 14.6 Å². The summed E-state index contributed by atoms with van der Waals surface area (Å²) in [5.41, 5.74) is 1.64. The number of ether oxygens (including phenoxy) is 2. The van der Waals surface area contributed by atoms with Crippen LogP contribution in [0.2, 0.25) is 0 Å². The molecule has 104 valence electrons. The van der Waals surface area contributed by atoms with E-state index in [1.54, 1.807) is 0 Å². The molecular weight excluding hydrogens is 320 g/mol. The topological polar surface area (TPSA) is 38.7 Å². The minimum Gasteiger partial charge on any atom is -0.490 e. The van der Waals surface area contributed by atoms with Crippen LogP contribution >= 0.6 is 15.9 Å². The molecule has 3 nitrogen and oxygen atoms in total. The second-order valence-corrected chi connectivity index (χ2v) is 5.55. The molecule has 1 heterocycles. The third kappa shape index (κ3) is 2.67. The van der Waals surface area contributed by atoms with Gasteiger partial charge in [0.05, 0.1) is 17.7 Å². The lowest BCUT2D eigenvalue weighted by molar-refractivity contribution is 0.219. The summed E-state index contributed by atoms with van der Waals surface area (Å²) in [7, 11) is 0. The van der Waals surface area contributed by atoms with E-state index >= 15 is 0 Å². The van der Waals surface area contributed by atoms with Crippen LogP contribution in [0.5, 0.6) is 11.5 Å². The van der Waals surface area contributed by atoms with Crippen molar-refractivity contribution in [3.05, 3.63) is 58.1 Å². The molecule has 1 atom stereocenters. The van der Waals surface area contributed by atoms with Crippen LogP contribution in [-0.4, -0.2) is 18.3 Å². The lowest BCUT2D eigenvalue weighted by Gasteiger charge is -2.16. The summed E-state index contributed by atoms with van der Waals surface area (Å²) in [6.45, 7) is 1.27. The Morgan fingerprint density at radius 3 is 2.55 bits per heavy atom. The van der Waals surface area contributed by atoms with E-state index in [2.05, 4.69) is 15.9 Å². The highest BCUT2D eigenvalue weighted by Crippen LogP contribution is 2.40. The van der Waals surface area contributed by atoms with Crippen LogP contribution < -0.4 is 9.47 Å². The zero-order chi connectivity index (χ0) is 13.9. The normalized spacial score (nSPS) is 15.5. The van der Waals surface area contributed by atoms with Crippen molar-refractivity contribution in [2.24, 2.45) is 0 Å². The molecule has 4 heteroatoms. The van der Waals surface area contributed by atoms with Gasteiger partial charge in [-0.25, -0.2) is 0 Å². The molecule has 0 spiro atoms. The first-order valence-electron chi connectivity index (χ1n) is 6.58. The summed E-state index contributed by atoms with van der Waals surface area (Å²) in [4.78, 5) is 0. The first-order chi connectivity index (χ1) is 9.75. The van der Waals surface area contributed by atoms with Gasteiger partial charge in [-0.1, -0.05) is 30.3 Å². The van der Waals surface area contributed by atoms with Gasteiger partial charge in [0.15, 0.2) is 11.5 Å². The minimum atomic E-state index is -0.676. The third-order valence-electron chi connectivity index (χ3n) is 3.26. The third-order valence-corrected chi connectivity index (χ3v) is 3.84. The van der Waals surface area contributed by atoms with E-state index < -0.39 is 6.10 Å². The molecule has 1 aliphatic rings. The fourth-order valence-electron chi connectivity index (χ4n) is 2.24. The van der Waals surface area contributed by atoms with Gasteiger partial charge in [-0.05, 0) is 39.2 Å². The Morgan fingerprint density at radius 2 is 1.75 bits per heavy atom. The van der Waals surface area contributed by atoms with E-state index in [1.807, 2.05) is 42.5 Å². The van der Waals surface area contributed by atoms with Gasteiger partial charge in [0.2, 0.25) is 0 Å². The first kappa shape index (κ1) is 13.5. The summed E-state index contributed by atoms with van der Waals surface area (Å²) in [6.07, 6.45) is 0.183. The Labute approximate surface area is 126 Å². The van der Waals surface area contributed by atoms with Crippen LogP contribution in [0.15, 0.2) is 46.9 Å². The quantitative estimate of drug-likeness (QED) is 0.910. The van der Waals surface area contributed by atoms with Gasteiger partial charge in [0.25, 0.3) is 0 Å². The van der Waals surface area contributed by atoms with Gasteiger partial charge in [0, 0.05) is 6.42 Å². The van der Waals surface area contributed by atoms with Crippen LogP contribution in [0.4, 0.5) is 0 Å². The maximum absolute atomic E-state index is 10.5. The van der Waals surface area contributed by atoms with E-state index in [1.165, 1.54) is 0 Å². The standard InChI is InChI=1S/C16H15BrO3/c17-13-9-12(15(18)11-5-2-1-3-6-11)10-14-16(13)20-8-4-7-19-14/h1-3,5-6,9-10,15,18H,4,7-8H2. The highest BCUT2D eigenvalue weighted by atomic mass is 79.9. The Kier molecular flexibility index (Phi) is 3.94. The predicted molar refractivity (Wildman–Crippen MR) is 80.3 cm³/mol. The van der Waals surface area contributed by atoms with E-state index in [0.717, 1.165) is 22.0 Å². The van der Waals surface area contributed by atoms with Crippen molar-refractivity contribution in [1.82, 2.24) is 0 Å². The van der Waals surface area contributed by atoms with Crippen LogP contribution in [0, 0.1) is 0 Å². The zero-order valence-corrected chi connectivity index (χ0v) is 12.5. The first-order valence-corrected chi connectivity index (χ1v) is 7.37. The molecule has 3 rings (SSSR count). The summed E-state index contributed by atoms with van der Waals surface area (Å²) in [5.74, 6) is 1.40. The highest BCUT2D eigenvalue weighted by molar-refractivity contribution is 9.10. The molecule has 0 radical (unpaired) electrons. The molecule has 0 aliphatic carbocycles. The maximum Gasteiger partial charge on any atom is 0.175 e. The van der Waals surface area contributed by atoms with Crippen LogP contribution in [0.25, 0.3) is 0 Å². The maximum atomic E-state index is 10.5. The second-order valence-electron chi connectivity index (χ2n) is 4.69. The molecule has 1 unspecified atom stereocenters. The van der Waals surface area contributed by atoms with Crippen molar-refractivity contribution in [2.45, 2.75) is 12.5 Å². The summed E-state index contributed by atoms with van der Waals surface area (Å²) in [5, 5.41) is 10.5. The molecule has 0 saturated heterocycles. The molecule has 1 aliphatic heterocycles. The van der Waals surface area contributed by atoms with E-state index in [9.17, 15) is 5.11 Å². The summed E-state index contributed by atoms with van der Waals surface area (Å²) >= 11 is 3.49. The molecule has 2 aromatic carbocycles. The average Bonchev–Trinajstić information content (AvgIpc) is 2.73.